The van der Waals surface area contributed by atoms with Gasteiger partial charge in [-0.25, -0.2) is 0 Å². The van der Waals surface area contributed by atoms with Crippen molar-refractivity contribution in [3.63, 3.8) is 0 Å². The number of para-hydroxylation sites is 1. The van der Waals surface area contributed by atoms with Crippen molar-refractivity contribution in [2.24, 2.45) is 5.92 Å². The van der Waals surface area contributed by atoms with Crippen molar-refractivity contribution in [3.05, 3.63) is 24.3 Å². The number of nitriles is 1. The maximum absolute atomic E-state index is 11.7. The molecule has 1 aromatic rings. The van der Waals surface area contributed by atoms with E-state index < -0.39 is 17.6 Å². The normalized spacial score (nSPS) is 11.4. The Balaban J connectivity index is 2.88. The number of amides is 1. The van der Waals surface area contributed by atoms with E-state index in [1.807, 2.05) is 18.4 Å². The van der Waals surface area contributed by atoms with Gasteiger partial charge in [0.05, 0.1) is 11.8 Å². The van der Waals surface area contributed by atoms with Crippen LogP contribution in [-0.2, 0) is 9.59 Å². The van der Waals surface area contributed by atoms with Gasteiger partial charge in [-0.05, 0) is 25.3 Å². The zero-order valence-corrected chi connectivity index (χ0v) is 10.4. The van der Waals surface area contributed by atoms with Crippen LogP contribution in [0.1, 0.15) is 6.92 Å². The maximum atomic E-state index is 11.7. The first-order valence-corrected chi connectivity index (χ1v) is 6.16. The Morgan fingerprint density at radius 3 is 2.59 bits per heavy atom. The number of ketones is 1. The minimum absolute atomic E-state index is 0.452. The summed E-state index contributed by atoms with van der Waals surface area (Å²) in [5, 5.41) is 11.3. The van der Waals surface area contributed by atoms with Crippen LogP contribution in [-0.4, -0.2) is 17.9 Å². The Morgan fingerprint density at radius 1 is 1.41 bits per heavy atom. The molecule has 1 atom stereocenters. The third-order valence-corrected chi connectivity index (χ3v) is 2.96. The van der Waals surface area contributed by atoms with Crippen LogP contribution in [0.3, 0.4) is 0 Å². The Morgan fingerprint density at radius 2 is 2.06 bits per heavy atom. The van der Waals surface area contributed by atoms with E-state index in [-0.39, 0.29) is 0 Å². The molecule has 0 aromatic heterocycles. The van der Waals surface area contributed by atoms with Crippen LogP contribution in [0.5, 0.6) is 0 Å². The van der Waals surface area contributed by atoms with Crippen LogP contribution in [0.25, 0.3) is 0 Å². The van der Waals surface area contributed by atoms with Gasteiger partial charge >= 0.3 is 0 Å². The minimum atomic E-state index is -1.25. The summed E-state index contributed by atoms with van der Waals surface area (Å²) in [4.78, 5) is 23.7. The number of carbonyl (C=O) groups excluding carboxylic acids is 2. The smallest absolute Gasteiger partial charge is 0.249 e. The monoisotopic (exact) mass is 248 g/mol. The van der Waals surface area contributed by atoms with E-state index in [1.165, 1.54) is 18.7 Å². The first-order chi connectivity index (χ1) is 8.10. The van der Waals surface area contributed by atoms with Crippen molar-refractivity contribution in [2.45, 2.75) is 11.8 Å². The lowest BCUT2D eigenvalue weighted by atomic mass is 10.1. The Bertz CT molecular complexity index is 480. The van der Waals surface area contributed by atoms with Gasteiger partial charge in [0.15, 0.2) is 11.7 Å². The second-order valence-corrected chi connectivity index (χ2v) is 4.21. The highest BCUT2D eigenvalue weighted by atomic mass is 32.2. The molecule has 1 amide bonds. The van der Waals surface area contributed by atoms with E-state index in [9.17, 15) is 9.59 Å². The molecule has 0 radical (unpaired) electrons. The number of carbonyl (C=O) groups is 2. The molecule has 0 aliphatic carbocycles. The summed E-state index contributed by atoms with van der Waals surface area (Å²) in [6.45, 7) is 1.23. The summed E-state index contributed by atoms with van der Waals surface area (Å²) in [6.07, 6.45) is 1.89. The maximum Gasteiger partial charge on any atom is 0.249 e. The average molecular weight is 248 g/mol. The van der Waals surface area contributed by atoms with Crippen molar-refractivity contribution in [3.8, 4) is 6.07 Å². The highest BCUT2D eigenvalue weighted by Gasteiger charge is 2.23. The Labute approximate surface area is 104 Å². The fourth-order valence-electron chi connectivity index (χ4n) is 1.29. The molecule has 0 heterocycles. The number of hydrogen-bond donors (Lipinski definition) is 1. The van der Waals surface area contributed by atoms with Gasteiger partial charge in [0, 0.05) is 4.90 Å². The predicted molar refractivity (Wildman–Crippen MR) is 66.6 cm³/mol. The molecule has 1 rings (SSSR count). The van der Waals surface area contributed by atoms with E-state index in [1.54, 1.807) is 18.2 Å². The second kappa shape index (κ2) is 6.06. The molecule has 1 aromatic carbocycles. The summed E-state index contributed by atoms with van der Waals surface area (Å²) in [7, 11) is 0. The molecule has 1 unspecified atom stereocenters. The van der Waals surface area contributed by atoms with Crippen LogP contribution in [0.15, 0.2) is 29.2 Å². The lowest BCUT2D eigenvalue weighted by molar-refractivity contribution is -0.127. The fourth-order valence-corrected chi connectivity index (χ4v) is 1.84. The highest BCUT2D eigenvalue weighted by molar-refractivity contribution is 7.98. The average Bonchev–Trinajstić information content (AvgIpc) is 2.30. The number of anilines is 1. The lowest BCUT2D eigenvalue weighted by Crippen LogP contribution is -2.27. The quantitative estimate of drug-likeness (QED) is 0.654. The van der Waals surface area contributed by atoms with Crippen LogP contribution < -0.4 is 5.32 Å². The lowest BCUT2D eigenvalue weighted by Gasteiger charge is -2.10. The first-order valence-electron chi connectivity index (χ1n) is 4.94. The van der Waals surface area contributed by atoms with Crippen molar-refractivity contribution in [1.29, 1.82) is 5.26 Å². The molecule has 4 nitrogen and oxygen atoms in total. The molecule has 0 aliphatic rings. The van der Waals surface area contributed by atoms with E-state index in [2.05, 4.69) is 5.32 Å². The summed E-state index contributed by atoms with van der Waals surface area (Å²) >= 11 is 1.48. The highest BCUT2D eigenvalue weighted by Crippen LogP contribution is 2.24. The van der Waals surface area contributed by atoms with Crippen molar-refractivity contribution >= 4 is 29.1 Å². The van der Waals surface area contributed by atoms with Crippen LogP contribution >= 0.6 is 11.8 Å². The van der Waals surface area contributed by atoms with Gasteiger partial charge in [0.2, 0.25) is 5.91 Å². The topological polar surface area (TPSA) is 70.0 Å². The molecule has 1 N–H and O–H groups in total. The molecule has 0 fully saturated rings. The van der Waals surface area contributed by atoms with Crippen LogP contribution in [0.4, 0.5) is 5.69 Å². The van der Waals surface area contributed by atoms with Gasteiger partial charge in [-0.2, -0.15) is 5.26 Å². The summed E-state index contributed by atoms with van der Waals surface area (Å²) in [5.41, 5.74) is 0.617. The molecule has 0 aliphatic heterocycles. The molecule has 0 spiro atoms. The number of rotatable bonds is 4. The van der Waals surface area contributed by atoms with Crippen molar-refractivity contribution in [2.75, 3.05) is 11.6 Å². The van der Waals surface area contributed by atoms with Gasteiger partial charge in [-0.1, -0.05) is 12.1 Å². The van der Waals surface area contributed by atoms with E-state index in [0.29, 0.717) is 5.69 Å². The van der Waals surface area contributed by atoms with Gasteiger partial charge in [-0.15, -0.1) is 11.8 Å². The Kier molecular flexibility index (Phi) is 4.73. The van der Waals surface area contributed by atoms with E-state index in [0.717, 1.165) is 4.90 Å². The van der Waals surface area contributed by atoms with Gasteiger partial charge in [0.1, 0.15) is 0 Å². The molecule has 88 valence electrons. The van der Waals surface area contributed by atoms with E-state index in [4.69, 9.17) is 5.26 Å². The zero-order valence-electron chi connectivity index (χ0n) is 9.56. The van der Waals surface area contributed by atoms with Gasteiger partial charge in [0.25, 0.3) is 0 Å². The predicted octanol–water partition coefficient (Wildman–Crippen LogP) is 2.08. The number of hydrogen-bond acceptors (Lipinski definition) is 4. The van der Waals surface area contributed by atoms with Gasteiger partial charge in [-0.3, -0.25) is 9.59 Å². The van der Waals surface area contributed by atoms with Crippen molar-refractivity contribution < 1.29 is 9.59 Å². The molecule has 17 heavy (non-hydrogen) atoms. The fraction of sp³-hybridized carbons (Fsp3) is 0.250. The van der Waals surface area contributed by atoms with Gasteiger partial charge < -0.3 is 5.32 Å². The molecular weight excluding hydrogens is 236 g/mol. The number of nitrogens with one attached hydrogen (secondary N) is 1. The molecule has 0 bridgehead atoms. The Hall–Kier alpha value is -1.80. The largest absolute Gasteiger partial charge is 0.324 e. The van der Waals surface area contributed by atoms with Crippen molar-refractivity contribution in [1.82, 2.24) is 0 Å². The number of benzene rings is 1. The third-order valence-electron chi connectivity index (χ3n) is 2.16. The summed E-state index contributed by atoms with van der Waals surface area (Å²) < 4.78 is 0. The standard InChI is InChI=1S/C12H12N2O2S/c1-8(15)9(7-13)12(16)14-10-5-3-4-6-11(10)17-2/h3-6,9H,1-2H3,(H,14,16). The zero-order chi connectivity index (χ0) is 12.8. The third kappa shape index (κ3) is 3.33. The summed E-state index contributed by atoms with van der Waals surface area (Å²) in [6, 6.07) is 8.92. The molecule has 0 saturated heterocycles. The SMILES string of the molecule is CSc1ccccc1NC(=O)C(C#N)C(C)=O. The number of Topliss-reactive ketones (excluding diaryl/α,β-unsaturated/α-hetero) is 1. The molecule has 0 saturated carbocycles. The minimum Gasteiger partial charge on any atom is -0.324 e. The number of nitrogens with zero attached hydrogens (tertiary/aromatic N) is 1. The molecule has 5 heteroatoms. The van der Waals surface area contributed by atoms with Crippen LogP contribution in [0.2, 0.25) is 0 Å². The number of thioether (sulfide) groups is 1. The summed E-state index contributed by atoms with van der Waals surface area (Å²) in [5.74, 6) is -2.28. The molecular formula is C12H12N2O2S. The second-order valence-electron chi connectivity index (χ2n) is 3.36. The van der Waals surface area contributed by atoms with E-state index >= 15 is 0 Å². The van der Waals surface area contributed by atoms with Crippen LogP contribution in [0, 0.1) is 17.2 Å². The first kappa shape index (κ1) is 13.3.